The Labute approximate surface area is 199 Å². The minimum Gasteiger partial charge on any atom is -0.477 e. The van der Waals surface area contributed by atoms with Crippen LogP contribution >= 0.6 is 11.6 Å². The van der Waals surface area contributed by atoms with Gasteiger partial charge in [-0.2, -0.15) is 0 Å². The second kappa shape index (κ2) is 9.65. The third-order valence-electron chi connectivity index (χ3n) is 6.21. The Morgan fingerprint density at radius 3 is 2.76 bits per heavy atom. The van der Waals surface area contributed by atoms with Gasteiger partial charge in [-0.15, -0.1) is 0 Å². The number of halogens is 2. The number of hydrogen-bond donors (Lipinski definition) is 2. The van der Waals surface area contributed by atoms with Crippen LogP contribution in [0.2, 0.25) is 5.15 Å². The molecule has 178 valence electrons. The molecule has 11 heteroatoms. The Bertz CT molecular complexity index is 1290. The topological polar surface area (TPSA) is 101 Å². The number of aromatic nitrogens is 3. The van der Waals surface area contributed by atoms with Crippen LogP contribution in [0.15, 0.2) is 35.1 Å². The van der Waals surface area contributed by atoms with E-state index in [9.17, 15) is 14.0 Å². The van der Waals surface area contributed by atoms with E-state index in [1.165, 1.54) is 18.2 Å². The first kappa shape index (κ1) is 22.7. The normalized spacial score (nSPS) is 16.8. The van der Waals surface area contributed by atoms with Crippen LogP contribution in [-0.4, -0.2) is 57.6 Å². The van der Waals surface area contributed by atoms with Gasteiger partial charge in [0.15, 0.2) is 23.3 Å². The molecule has 4 heterocycles. The van der Waals surface area contributed by atoms with E-state index in [0.717, 1.165) is 31.3 Å². The summed E-state index contributed by atoms with van der Waals surface area (Å²) in [5.74, 6) is 0.458. The summed E-state index contributed by atoms with van der Waals surface area (Å²) in [6.45, 7) is 3.30. The van der Waals surface area contributed by atoms with E-state index >= 15 is 0 Å². The van der Waals surface area contributed by atoms with Crippen LogP contribution in [0.4, 0.5) is 10.2 Å². The zero-order valence-electron chi connectivity index (χ0n) is 18.4. The van der Waals surface area contributed by atoms with Gasteiger partial charge in [-0.25, -0.2) is 14.4 Å². The molecule has 3 aromatic rings. The summed E-state index contributed by atoms with van der Waals surface area (Å²) in [5, 5.41) is 7.14. The van der Waals surface area contributed by atoms with Crippen LogP contribution in [0, 0.1) is 5.82 Å². The standard InChI is InChI=1S/C23H24ClFN6O3/c24-22-21-23(29-19(32)13-34-21)28-18(27-22)12-26-16-5-7-30(8-6-16)9-10-31-17-11-15(25)3-1-14(17)2-4-20(31)33/h1-4,11,16,26H,5-10,12-13H2,(H,27,28,29,32). The lowest BCUT2D eigenvalue weighted by molar-refractivity contribution is -0.118. The lowest BCUT2D eigenvalue weighted by atomic mass is 10.1. The molecule has 1 fully saturated rings. The van der Waals surface area contributed by atoms with Crippen LogP contribution < -0.4 is 20.9 Å². The molecular formula is C23H24ClFN6O3. The predicted octanol–water partition coefficient (Wildman–Crippen LogP) is 2.17. The van der Waals surface area contributed by atoms with Crippen LogP contribution in [0.1, 0.15) is 18.7 Å². The molecule has 0 unspecified atom stereocenters. The maximum absolute atomic E-state index is 13.7. The molecule has 2 aliphatic heterocycles. The molecule has 0 saturated carbocycles. The van der Waals surface area contributed by atoms with E-state index in [4.69, 9.17) is 16.3 Å². The summed E-state index contributed by atoms with van der Waals surface area (Å²) in [7, 11) is 0. The summed E-state index contributed by atoms with van der Waals surface area (Å²) in [6.07, 6.45) is 1.86. The molecule has 0 aliphatic carbocycles. The average Bonchev–Trinajstić information content (AvgIpc) is 2.82. The van der Waals surface area contributed by atoms with Gasteiger partial charge >= 0.3 is 0 Å². The van der Waals surface area contributed by atoms with Crippen LogP contribution in [0.3, 0.4) is 0 Å². The van der Waals surface area contributed by atoms with E-state index in [2.05, 4.69) is 25.5 Å². The van der Waals surface area contributed by atoms with Gasteiger partial charge in [0.2, 0.25) is 0 Å². The monoisotopic (exact) mass is 486 g/mol. The molecule has 1 aromatic carbocycles. The maximum atomic E-state index is 13.7. The molecule has 1 amide bonds. The molecule has 0 atom stereocenters. The van der Waals surface area contributed by atoms with Crippen LogP contribution in [-0.2, 0) is 17.9 Å². The molecule has 2 aromatic heterocycles. The van der Waals surface area contributed by atoms with Crippen molar-refractivity contribution < 1.29 is 13.9 Å². The predicted molar refractivity (Wildman–Crippen MR) is 126 cm³/mol. The molecule has 2 N–H and O–H groups in total. The van der Waals surface area contributed by atoms with E-state index in [-0.39, 0.29) is 35.1 Å². The number of carbonyl (C=O) groups is 1. The highest BCUT2D eigenvalue weighted by molar-refractivity contribution is 6.31. The smallest absolute Gasteiger partial charge is 0.263 e. The zero-order chi connectivity index (χ0) is 23.7. The highest BCUT2D eigenvalue weighted by Crippen LogP contribution is 2.32. The highest BCUT2D eigenvalue weighted by Gasteiger charge is 2.23. The first-order chi connectivity index (χ1) is 16.5. The Hall–Kier alpha value is -3.08. The van der Waals surface area contributed by atoms with Crippen molar-refractivity contribution in [2.75, 3.05) is 31.6 Å². The fourth-order valence-electron chi connectivity index (χ4n) is 4.39. The van der Waals surface area contributed by atoms with Crippen molar-refractivity contribution in [3.8, 4) is 5.75 Å². The third kappa shape index (κ3) is 4.89. The van der Waals surface area contributed by atoms with Gasteiger partial charge in [0.05, 0.1) is 12.1 Å². The van der Waals surface area contributed by atoms with Crippen LogP contribution in [0.5, 0.6) is 5.75 Å². The molecule has 9 nitrogen and oxygen atoms in total. The van der Waals surface area contributed by atoms with Crippen molar-refractivity contribution in [2.24, 2.45) is 0 Å². The minimum atomic E-state index is -0.349. The van der Waals surface area contributed by atoms with Gasteiger partial charge < -0.3 is 24.8 Å². The third-order valence-corrected chi connectivity index (χ3v) is 6.46. The van der Waals surface area contributed by atoms with E-state index < -0.39 is 0 Å². The van der Waals surface area contributed by atoms with Gasteiger partial charge in [0, 0.05) is 25.2 Å². The number of rotatable bonds is 6. The highest BCUT2D eigenvalue weighted by atomic mass is 35.5. The Kier molecular flexibility index (Phi) is 6.44. The second-order valence-electron chi connectivity index (χ2n) is 8.47. The molecule has 0 spiro atoms. The van der Waals surface area contributed by atoms with E-state index in [1.54, 1.807) is 16.7 Å². The number of ether oxygens (including phenoxy) is 1. The summed E-state index contributed by atoms with van der Waals surface area (Å²) >= 11 is 6.17. The van der Waals surface area contributed by atoms with Crippen molar-refractivity contribution in [3.63, 3.8) is 0 Å². The van der Waals surface area contributed by atoms with Crippen molar-refractivity contribution >= 4 is 34.2 Å². The number of nitrogens with zero attached hydrogens (tertiary/aromatic N) is 4. The van der Waals surface area contributed by atoms with Gasteiger partial charge in [-0.05, 0) is 55.6 Å². The number of fused-ring (bicyclic) bond motifs is 2. The quantitative estimate of drug-likeness (QED) is 0.515. The van der Waals surface area contributed by atoms with Gasteiger partial charge in [0.1, 0.15) is 11.6 Å². The van der Waals surface area contributed by atoms with Crippen molar-refractivity contribution in [1.29, 1.82) is 0 Å². The van der Waals surface area contributed by atoms with Crippen molar-refractivity contribution in [3.05, 3.63) is 57.5 Å². The van der Waals surface area contributed by atoms with Gasteiger partial charge in [0.25, 0.3) is 11.5 Å². The Morgan fingerprint density at radius 1 is 1.15 bits per heavy atom. The number of amides is 1. The number of carbonyl (C=O) groups excluding carboxylic acids is 1. The zero-order valence-corrected chi connectivity index (χ0v) is 19.1. The number of pyridine rings is 1. The molecular weight excluding hydrogens is 463 g/mol. The van der Waals surface area contributed by atoms with Gasteiger partial charge in [-0.3, -0.25) is 9.59 Å². The lowest BCUT2D eigenvalue weighted by Gasteiger charge is -2.32. The fourth-order valence-corrected chi connectivity index (χ4v) is 4.64. The largest absolute Gasteiger partial charge is 0.477 e. The number of anilines is 1. The van der Waals surface area contributed by atoms with E-state index in [1.807, 2.05) is 0 Å². The Morgan fingerprint density at radius 2 is 1.94 bits per heavy atom. The van der Waals surface area contributed by atoms with E-state index in [0.29, 0.717) is 42.5 Å². The lowest BCUT2D eigenvalue weighted by Crippen LogP contribution is -2.43. The number of nitrogens with one attached hydrogen (secondary N) is 2. The molecule has 2 aliphatic rings. The fraction of sp³-hybridized carbons (Fsp3) is 0.391. The minimum absolute atomic E-state index is 0.0989. The summed E-state index contributed by atoms with van der Waals surface area (Å²) in [6, 6.07) is 8.06. The first-order valence-corrected chi connectivity index (χ1v) is 11.6. The van der Waals surface area contributed by atoms with Crippen molar-refractivity contribution in [2.45, 2.75) is 32.0 Å². The number of likely N-dealkylation sites (tertiary alicyclic amines) is 1. The summed E-state index contributed by atoms with van der Waals surface area (Å²) < 4.78 is 20.7. The SMILES string of the molecule is O=C1COc2c(Cl)nc(CNC3CCN(CCn4c(=O)ccc5ccc(F)cc54)CC3)nc2N1. The molecule has 0 bridgehead atoms. The first-order valence-electron chi connectivity index (χ1n) is 11.2. The number of hydrogen-bond acceptors (Lipinski definition) is 7. The average molecular weight is 487 g/mol. The number of benzene rings is 1. The van der Waals surface area contributed by atoms with Crippen LogP contribution in [0.25, 0.3) is 10.9 Å². The Balaban J connectivity index is 1.14. The van der Waals surface area contributed by atoms with Gasteiger partial charge in [-0.1, -0.05) is 11.6 Å². The molecule has 34 heavy (non-hydrogen) atoms. The number of piperidine rings is 1. The molecule has 1 saturated heterocycles. The molecule has 0 radical (unpaired) electrons. The maximum Gasteiger partial charge on any atom is 0.263 e. The van der Waals surface area contributed by atoms with Crippen molar-refractivity contribution in [1.82, 2.24) is 24.8 Å². The second-order valence-corrected chi connectivity index (χ2v) is 8.83. The summed E-state index contributed by atoms with van der Waals surface area (Å²) in [5.41, 5.74) is 0.495. The summed E-state index contributed by atoms with van der Waals surface area (Å²) in [4.78, 5) is 34.8. The molecule has 5 rings (SSSR count).